The lowest BCUT2D eigenvalue weighted by molar-refractivity contribution is 0.150. The second-order valence-electron chi connectivity index (χ2n) is 8.15. The number of aromatic nitrogens is 4. The van der Waals surface area contributed by atoms with E-state index in [-0.39, 0.29) is 0 Å². The molecule has 0 aliphatic carbocycles. The molecule has 1 aliphatic rings. The van der Waals surface area contributed by atoms with Crippen LogP contribution in [0.5, 0.6) is 0 Å². The Labute approximate surface area is 203 Å². The lowest BCUT2D eigenvalue weighted by atomic mass is 9.96. The van der Waals surface area contributed by atoms with Crippen LogP contribution in [0, 0.1) is 5.92 Å². The Kier molecular flexibility index (Phi) is 12.4. The van der Waals surface area contributed by atoms with E-state index < -0.39 is 0 Å². The number of nitrogens with two attached hydrogens (primary N) is 6. The predicted octanol–water partition coefficient (Wildman–Crippen LogP) is -5.78. The Morgan fingerprint density at radius 1 is 0.914 bits per heavy atom. The lowest BCUT2D eigenvalue weighted by Gasteiger charge is -2.35. The molecule has 1 aromatic heterocycles. The molecule has 1 aromatic rings. The van der Waals surface area contributed by atoms with E-state index in [1.807, 2.05) is 0 Å². The first-order valence-corrected chi connectivity index (χ1v) is 11.1. The van der Waals surface area contributed by atoms with Crippen molar-refractivity contribution in [3.8, 4) is 0 Å². The van der Waals surface area contributed by atoms with Crippen LogP contribution in [0.15, 0.2) is 15.3 Å². The normalized spacial score (nSPS) is 16.8. The summed E-state index contributed by atoms with van der Waals surface area (Å²) in [5.74, 6) is 35.3. The van der Waals surface area contributed by atoms with Gasteiger partial charge < -0.3 is 33.8 Å². The van der Waals surface area contributed by atoms with E-state index in [9.17, 15) is 0 Å². The van der Waals surface area contributed by atoms with Gasteiger partial charge in [0.25, 0.3) is 0 Å². The molecule has 1 saturated heterocycles. The minimum absolute atomic E-state index is 0.376. The highest BCUT2D eigenvalue weighted by Crippen LogP contribution is 2.18. The summed E-state index contributed by atoms with van der Waals surface area (Å²) in [7, 11) is 0. The molecular weight excluding hydrogens is 458 g/mol. The summed E-state index contributed by atoms with van der Waals surface area (Å²) in [4.78, 5) is 6.56. The van der Waals surface area contributed by atoms with Gasteiger partial charge in [0, 0.05) is 19.6 Å². The zero-order chi connectivity index (χ0) is 25.5. The summed E-state index contributed by atoms with van der Waals surface area (Å²) < 4.78 is 0. The summed E-state index contributed by atoms with van der Waals surface area (Å²) in [6.07, 6.45) is 2.02. The summed E-state index contributed by atoms with van der Waals surface area (Å²) in [5.41, 5.74) is 7.59. The number of amidine groups is 3. The number of rotatable bonds is 13. The van der Waals surface area contributed by atoms with Crippen molar-refractivity contribution in [1.82, 2.24) is 51.6 Å². The fourth-order valence-corrected chi connectivity index (χ4v) is 3.88. The number of hydrazone groups is 3. The summed E-state index contributed by atoms with van der Waals surface area (Å²) in [5, 5.41) is 25.2. The van der Waals surface area contributed by atoms with Crippen molar-refractivity contribution < 1.29 is 0 Å². The van der Waals surface area contributed by atoms with Gasteiger partial charge in [0.1, 0.15) is 17.5 Å². The number of aromatic amines is 1. The number of nitrogens with one attached hydrogen (secondary N) is 4. The molecule has 0 atom stereocenters. The first-order valence-electron chi connectivity index (χ1n) is 11.1. The fourth-order valence-electron chi connectivity index (χ4n) is 3.88. The minimum atomic E-state index is 0.376. The third-order valence-corrected chi connectivity index (χ3v) is 5.80. The quantitative estimate of drug-likeness (QED) is 0.0525. The molecular formula is C16H39N19. The van der Waals surface area contributed by atoms with E-state index in [0.29, 0.717) is 68.5 Å². The van der Waals surface area contributed by atoms with Crippen LogP contribution in [0.3, 0.4) is 0 Å². The molecule has 19 heteroatoms. The summed E-state index contributed by atoms with van der Waals surface area (Å²) in [6.45, 7) is 5.84. The van der Waals surface area contributed by atoms with Gasteiger partial charge in [-0.3, -0.25) is 14.7 Å². The molecule has 2 rings (SSSR count). The first kappa shape index (κ1) is 27.9. The van der Waals surface area contributed by atoms with Crippen LogP contribution < -0.4 is 51.3 Å². The average molecular weight is 498 g/mol. The first-order chi connectivity index (χ1) is 17.0. The molecule has 0 amide bonds. The predicted molar refractivity (Wildman–Crippen MR) is 132 cm³/mol. The van der Waals surface area contributed by atoms with E-state index in [0.717, 1.165) is 32.5 Å². The molecule has 19 nitrogen and oxygen atoms in total. The number of likely N-dealkylation sites (tertiary alicyclic amines) is 1. The molecule has 0 radical (unpaired) electrons. The van der Waals surface area contributed by atoms with Crippen molar-refractivity contribution >= 4 is 17.5 Å². The van der Waals surface area contributed by atoms with Crippen LogP contribution in [0.25, 0.3) is 0 Å². The maximum atomic E-state index is 5.58. The molecule has 0 bridgehead atoms. The van der Waals surface area contributed by atoms with Gasteiger partial charge in [-0.2, -0.15) is 20.5 Å². The molecule has 0 saturated carbocycles. The maximum absolute atomic E-state index is 5.58. The molecule has 0 unspecified atom stereocenters. The van der Waals surface area contributed by atoms with Gasteiger partial charge in [-0.25, -0.2) is 17.5 Å². The van der Waals surface area contributed by atoms with Gasteiger partial charge in [-0.15, -0.1) is 10.2 Å². The van der Waals surface area contributed by atoms with Crippen molar-refractivity contribution in [2.24, 2.45) is 56.3 Å². The fraction of sp³-hybridized carbons (Fsp3) is 0.750. The number of hydrogen-bond acceptors (Lipinski definition) is 15. The van der Waals surface area contributed by atoms with Crippen molar-refractivity contribution in [1.29, 1.82) is 0 Å². The van der Waals surface area contributed by atoms with Gasteiger partial charge >= 0.3 is 0 Å². The summed E-state index contributed by atoms with van der Waals surface area (Å²) >= 11 is 0. The molecule has 198 valence electrons. The topological polar surface area (TPSA) is 293 Å². The average Bonchev–Trinajstić information content (AvgIpc) is 3.40. The Hall–Kier alpha value is -3.36. The molecule has 0 aromatic carbocycles. The second kappa shape index (κ2) is 15.5. The highest BCUT2D eigenvalue weighted by molar-refractivity contribution is 5.84. The van der Waals surface area contributed by atoms with Gasteiger partial charge in [0.2, 0.25) is 0 Å². The van der Waals surface area contributed by atoms with E-state index in [1.54, 1.807) is 0 Å². The summed E-state index contributed by atoms with van der Waals surface area (Å²) in [6, 6.07) is 0. The van der Waals surface area contributed by atoms with Crippen LogP contribution in [-0.2, 0) is 6.54 Å². The maximum Gasteiger partial charge on any atom is 0.188 e. The SMILES string of the molecule is N/N=C(/CN1CCC(CN(CCN(C/C(=N/N)NN)Cc2nn[nH]n2)C/C(=N/N)NN)CC1)NN. The number of tetrazole rings is 1. The second-order valence-corrected chi connectivity index (χ2v) is 8.15. The molecule has 35 heavy (non-hydrogen) atoms. The third-order valence-electron chi connectivity index (χ3n) is 5.80. The number of hydrogen-bond donors (Lipinski definition) is 10. The van der Waals surface area contributed by atoms with Crippen molar-refractivity contribution in [2.75, 3.05) is 52.4 Å². The van der Waals surface area contributed by atoms with Gasteiger partial charge in [0.05, 0.1) is 26.2 Å². The van der Waals surface area contributed by atoms with E-state index >= 15 is 0 Å². The Bertz CT molecular complexity index is 783. The molecule has 1 aliphatic heterocycles. The van der Waals surface area contributed by atoms with Crippen molar-refractivity contribution in [2.45, 2.75) is 19.4 Å². The van der Waals surface area contributed by atoms with Crippen LogP contribution in [0.1, 0.15) is 18.7 Å². The van der Waals surface area contributed by atoms with Gasteiger partial charge in [-0.1, -0.05) is 5.21 Å². The molecule has 1 fully saturated rings. The standard InChI is InChI=1S/C16H39N19/c17-23-13(24-18)8-33-3-1-12(2-4-33)7-34(9-14(25-19)26-20)5-6-35(10-15(27-21)28-22)11-16-29-31-32-30-16/h12H,1-11,17-22H2,(H,23,24)(H,25,26)(H,27,28)(H,29,30,31,32). The smallest absolute Gasteiger partial charge is 0.188 e. The van der Waals surface area contributed by atoms with Crippen LogP contribution in [0.4, 0.5) is 0 Å². The van der Waals surface area contributed by atoms with Crippen molar-refractivity contribution in [3.63, 3.8) is 0 Å². The van der Waals surface area contributed by atoms with E-state index in [4.69, 9.17) is 35.1 Å². The molecule has 16 N–H and O–H groups in total. The van der Waals surface area contributed by atoms with Gasteiger partial charge in [0.15, 0.2) is 5.82 Å². The monoisotopic (exact) mass is 497 g/mol. The molecule has 0 spiro atoms. The Balaban J connectivity index is 1.99. The highest BCUT2D eigenvalue weighted by Gasteiger charge is 2.23. The number of hydrazine groups is 3. The number of H-pyrrole nitrogens is 1. The van der Waals surface area contributed by atoms with E-state index in [2.05, 4.69) is 66.9 Å². The largest absolute Gasteiger partial charge is 0.321 e. The third kappa shape index (κ3) is 9.80. The zero-order valence-electron chi connectivity index (χ0n) is 19.8. The Morgan fingerprint density at radius 2 is 1.49 bits per heavy atom. The zero-order valence-corrected chi connectivity index (χ0v) is 19.8. The van der Waals surface area contributed by atoms with Crippen LogP contribution in [0.2, 0.25) is 0 Å². The lowest BCUT2D eigenvalue weighted by Crippen LogP contribution is -2.49. The Morgan fingerprint density at radius 3 is 2.00 bits per heavy atom. The minimum Gasteiger partial charge on any atom is -0.321 e. The van der Waals surface area contributed by atoms with Crippen molar-refractivity contribution in [3.05, 3.63) is 5.82 Å². The highest BCUT2D eigenvalue weighted by atomic mass is 15.5. The molecule has 2 heterocycles. The number of nitrogens with zero attached hydrogens (tertiary/aromatic N) is 9. The van der Waals surface area contributed by atoms with E-state index in [1.165, 1.54) is 0 Å². The number of piperidine rings is 1. The van der Waals surface area contributed by atoms with Crippen LogP contribution in [-0.4, -0.2) is 105 Å². The van der Waals surface area contributed by atoms with Crippen LogP contribution >= 0.6 is 0 Å². The van der Waals surface area contributed by atoms with Gasteiger partial charge in [-0.05, 0) is 31.8 Å².